The third-order valence-corrected chi connectivity index (χ3v) is 6.76. The SMILES string of the molecule is CCCCN(c1ccc(Cl)cc1-n1ccnc1C(C)C)S(=O)(=O)c1ccccc1. The standard InChI is InChI=1S/C22H26ClN3O2S/c1-4-5-14-26(29(27,28)19-9-7-6-8-10-19)20-12-11-18(23)16-21(20)25-15-13-24-22(25)17(2)3/h6-13,15-17H,4-5,14H2,1-3H3. The summed E-state index contributed by atoms with van der Waals surface area (Å²) >= 11 is 6.30. The normalized spacial score (nSPS) is 11.8. The largest absolute Gasteiger partial charge is 0.301 e. The van der Waals surface area contributed by atoms with Gasteiger partial charge in [-0.3, -0.25) is 4.31 Å². The van der Waals surface area contributed by atoms with Crippen molar-refractivity contribution < 1.29 is 8.42 Å². The van der Waals surface area contributed by atoms with Crippen LogP contribution in [0.2, 0.25) is 5.02 Å². The predicted octanol–water partition coefficient (Wildman–Crippen LogP) is 5.64. The van der Waals surface area contributed by atoms with Gasteiger partial charge in [-0.25, -0.2) is 13.4 Å². The number of anilines is 1. The van der Waals surface area contributed by atoms with Crippen molar-refractivity contribution in [3.8, 4) is 5.69 Å². The van der Waals surface area contributed by atoms with Crippen molar-refractivity contribution in [2.45, 2.75) is 44.4 Å². The zero-order valence-corrected chi connectivity index (χ0v) is 18.5. The van der Waals surface area contributed by atoms with E-state index in [1.165, 1.54) is 4.31 Å². The Kier molecular flexibility index (Phi) is 6.65. The molecule has 0 aliphatic rings. The lowest BCUT2D eigenvalue weighted by atomic mass is 10.2. The van der Waals surface area contributed by atoms with Gasteiger partial charge < -0.3 is 4.57 Å². The van der Waals surface area contributed by atoms with Gasteiger partial charge >= 0.3 is 0 Å². The number of hydrogen-bond donors (Lipinski definition) is 0. The maximum atomic E-state index is 13.5. The molecule has 0 saturated carbocycles. The molecule has 0 atom stereocenters. The highest BCUT2D eigenvalue weighted by Crippen LogP contribution is 2.33. The first-order valence-corrected chi connectivity index (χ1v) is 11.6. The fourth-order valence-electron chi connectivity index (χ4n) is 3.24. The van der Waals surface area contributed by atoms with E-state index in [0.29, 0.717) is 22.9 Å². The molecular weight excluding hydrogens is 406 g/mol. The van der Waals surface area contributed by atoms with Crippen molar-refractivity contribution in [2.24, 2.45) is 0 Å². The molecule has 0 N–H and O–H groups in total. The monoisotopic (exact) mass is 431 g/mol. The molecule has 0 saturated heterocycles. The van der Waals surface area contributed by atoms with E-state index in [-0.39, 0.29) is 10.8 Å². The van der Waals surface area contributed by atoms with E-state index in [9.17, 15) is 8.42 Å². The van der Waals surface area contributed by atoms with Crippen molar-refractivity contribution >= 4 is 27.3 Å². The number of hydrogen-bond acceptors (Lipinski definition) is 3. The number of benzene rings is 2. The molecule has 1 heterocycles. The van der Waals surface area contributed by atoms with E-state index >= 15 is 0 Å². The van der Waals surface area contributed by atoms with E-state index in [4.69, 9.17) is 11.6 Å². The van der Waals surface area contributed by atoms with Crippen LogP contribution in [0.1, 0.15) is 45.4 Å². The summed E-state index contributed by atoms with van der Waals surface area (Å²) in [7, 11) is -3.73. The predicted molar refractivity (Wildman–Crippen MR) is 119 cm³/mol. The van der Waals surface area contributed by atoms with Crippen molar-refractivity contribution in [3.63, 3.8) is 0 Å². The second kappa shape index (κ2) is 9.01. The zero-order valence-electron chi connectivity index (χ0n) is 16.9. The van der Waals surface area contributed by atoms with Gasteiger partial charge in [-0.2, -0.15) is 0 Å². The van der Waals surface area contributed by atoms with Crippen LogP contribution in [0.5, 0.6) is 0 Å². The number of sulfonamides is 1. The summed E-state index contributed by atoms with van der Waals surface area (Å²) in [6, 6.07) is 13.8. The highest BCUT2D eigenvalue weighted by molar-refractivity contribution is 7.92. The number of aromatic nitrogens is 2. The van der Waals surface area contributed by atoms with Crippen molar-refractivity contribution in [1.29, 1.82) is 0 Å². The molecule has 154 valence electrons. The minimum atomic E-state index is -3.73. The molecule has 3 rings (SSSR count). The maximum absolute atomic E-state index is 13.5. The molecule has 3 aromatic rings. The first-order chi connectivity index (χ1) is 13.9. The molecule has 7 heteroatoms. The average molecular weight is 432 g/mol. The molecule has 0 radical (unpaired) electrons. The highest BCUT2D eigenvalue weighted by atomic mass is 35.5. The second-order valence-corrected chi connectivity index (χ2v) is 9.49. The lowest BCUT2D eigenvalue weighted by Crippen LogP contribution is -2.33. The summed E-state index contributed by atoms with van der Waals surface area (Å²) in [5.41, 5.74) is 1.29. The molecule has 0 fully saturated rings. The van der Waals surface area contributed by atoms with Crippen molar-refractivity contribution in [3.05, 3.63) is 71.8 Å². The Balaban J connectivity index is 2.21. The zero-order chi connectivity index (χ0) is 21.0. The molecule has 5 nitrogen and oxygen atoms in total. The summed E-state index contributed by atoms with van der Waals surface area (Å²) in [5, 5.41) is 0.541. The Labute approximate surface area is 178 Å². The van der Waals surface area contributed by atoms with E-state index in [0.717, 1.165) is 18.7 Å². The van der Waals surface area contributed by atoms with Crippen molar-refractivity contribution in [2.75, 3.05) is 10.8 Å². The smallest absolute Gasteiger partial charge is 0.264 e. The topological polar surface area (TPSA) is 55.2 Å². The Morgan fingerprint density at radius 1 is 1.14 bits per heavy atom. The molecule has 0 aliphatic heterocycles. The van der Waals surface area contributed by atoms with Gasteiger partial charge in [0.15, 0.2) is 0 Å². The van der Waals surface area contributed by atoms with Gasteiger partial charge in [0.2, 0.25) is 0 Å². The van der Waals surface area contributed by atoms with Gasteiger partial charge in [0.1, 0.15) is 5.82 Å². The van der Waals surface area contributed by atoms with E-state index < -0.39 is 10.0 Å². The quantitative estimate of drug-likeness (QED) is 0.463. The van der Waals surface area contributed by atoms with E-state index in [2.05, 4.69) is 18.8 Å². The second-order valence-electron chi connectivity index (χ2n) is 7.19. The molecule has 29 heavy (non-hydrogen) atoms. The van der Waals surface area contributed by atoms with Gasteiger partial charge in [0.25, 0.3) is 10.0 Å². The van der Waals surface area contributed by atoms with E-state index in [1.807, 2.05) is 23.8 Å². The lowest BCUT2D eigenvalue weighted by Gasteiger charge is -2.27. The van der Waals surface area contributed by atoms with E-state index in [1.54, 1.807) is 48.7 Å². The lowest BCUT2D eigenvalue weighted by molar-refractivity contribution is 0.588. The van der Waals surface area contributed by atoms with Crippen molar-refractivity contribution in [1.82, 2.24) is 9.55 Å². The summed E-state index contributed by atoms with van der Waals surface area (Å²) in [5.74, 6) is 1.02. The maximum Gasteiger partial charge on any atom is 0.264 e. The molecule has 0 amide bonds. The highest BCUT2D eigenvalue weighted by Gasteiger charge is 2.27. The number of unbranched alkanes of at least 4 members (excludes halogenated alkanes) is 1. The van der Waals surface area contributed by atoms with Gasteiger partial charge in [0, 0.05) is 29.9 Å². The van der Waals surface area contributed by atoms with Crippen LogP contribution in [0.25, 0.3) is 5.69 Å². The van der Waals surface area contributed by atoms with Gasteiger partial charge in [-0.05, 0) is 36.8 Å². The molecule has 0 bridgehead atoms. The van der Waals surface area contributed by atoms with Crippen LogP contribution in [-0.2, 0) is 10.0 Å². The third-order valence-electron chi connectivity index (χ3n) is 4.70. The van der Waals surface area contributed by atoms with Crippen LogP contribution in [-0.4, -0.2) is 24.5 Å². The summed E-state index contributed by atoms with van der Waals surface area (Å²) < 4.78 is 30.5. The van der Waals surface area contributed by atoms with Crippen LogP contribution < -0.4 is 4.31 Å². The molecule has 2 aromatic carbocycles. The number of imidazole rings is 1. The van der Waals surface area contributed by atoms with Gasteiger partial charge in [0.05, 0.1) is 16.3 Å². The van der Waals surface area contributed by atoms with Gasteiger partial charge in [-0.1, -0.05) is 57.0 Å². The molecule has 1 aromatic heterocycles. The van der Waals surface area contributed by atoms with Gasteiger partial charge in [-0.15, -0.1) is 0 Å². The summed E-state index contributed by atoms with van der Waals surface area (Å²) in [4.78, 5) is 4.73. The fourth-order valence-corrected chi connectivity index (χ4v) is 4.94. The number of halogens is 1. The molecular formula is C22H26ClN3O2S. The Morgan fingerprint density at radius 3 is 2.52 bits per heavy atom. The minimum Gasteiger partial charge on any atom is -0.301 e. The third kappa shape index (κ3) is 4.49. The van der Waals surface area contributed by atoms with Crippen LogP contribution >= 0.6 is 11.6 Å². The summed E-state index contributed by atoms with van der Waals surface area (Å²) in [6.07, 6.45) is 5.20. The van der Waals surface area contributed by atoms with Crippen LogP contribution in [0.4, 0.5) is 5.69 Å². The fraction of sp³-hybridized carbons (Fsp3) is 0.318. The first-order valence-electron chi connectivity index (χ1n) is 9.77. The molecule has 0 spiro atoms. The van der Waals surface area contributed by atoms with Crippen LogP contribution in [0.3, 0.4) is 0 Å². The van der Waals surface area contributed by atoms with Crippen LogP contribution in [0.15, 0.2) is 65.8 Å². The average Bonchev–Trinajstić information content (AvgIpc) is 3.20. The van der Waals surface area contributed by atoms with Crippen LogP contribution in [0, 0.1) is 0 Å². The minimum absolute atomic E-state index is 0.173. The Hall–Kier alpha value is -2.31. The Morgan fingerprint density at radius 2 is 1.86 bits per heavy atom. The molecule has 0 unspecified atom stereocenters. The number of nitrogens with zero attached hydrogens (tertiary/aromatic N) is 3. The Bertz CT molecular complexity index is 1060. The number of rotatable bonds is 8. The first kappa shape index (κ1) is 21.4. The molecule has 0 aliphatic carbocycles. The summed E-state index contributed by atoms with van der Waals surface area (Å²) in [6.45, 7) is 6.54.